The van der Waals surface area contributed by atoms with Gasteiger partial charge in [-0.2, -0.15) is 5.53 Å². The van der Waals surface area contributed by atoms with E-state index in [4.69, 9.17) is 5.53 Å². The van der Waals surface area contributed by atoms with Crippen molar-refractivity contribution in [2.45, 2.75) is 19.9 Å². The van der Waals surface area contributed by atoms with Gasteiger partial charge in [-0.05, 0) is 13.8 Å². The summed E-state index contributed by atoms with van der Waals surface area (Å²) >= 11 is 0. The molecule has 0 aromatic heterocycles. The number of nitrogens with zero attached hydrogens (tertiary/aromatic N) is 2. The fraction of sp³-hybridized carbons (Fsp3) is 0.600. The molecule has 0 aliphatic carbocycles. The molecule has 0 aliphatic heterocycles. The Hall–Kier alpha value is -0.860. The number of nitrogens with one attached hydrogen (secondary N) is 1. The molecular weight excluding hydrogens is 102 g/mol. The molecule has 0 radical (unpaired) electrons. The Labute approximate surface area is 49.5 Å². The van der Waals surface area contributed by atoms with Crippen LogP contribution in [0.5, 0.6) is 0 Å². The van der Waals surface area contributed by atoms with Crippen molar-refractivity contribution in [3.8, 4) is 0 Å². The Balaban J connectivity index is 3.68. The quantitative estimate of drug-likeness (QED) is 0.440. The molecule has 0 aromatic rings. The van der Waals surface area contributed by atoms with Crippen LogP contribution in [0.15, 0.2) is 18.0 Å². The predicted molar refractivity (Wildman–Crippen MR) is 32.3 cm³/mol. The zero-order valence-corrected chi connectivity index (χ0v) is 5.26. The SMILES string of the molecule is C=CN(N=N)C(C)C. The molecule has 0 aliphatic rings. The van der Waals surface area contributed by atoms with E-state index in [-0.39, 0.29) is 6.04 Å². The molecule has 8 heavy (non-hydrogen) atoms. The highest BCUT2D eigenvalue weighted by molar-refractivity contribution is 4.68. The number of hydrogen-bond donors (Lipinski definition) is 1. The first-order valence-electron chi connectivity index (χ1n) is 2.50. The van der Waals surface area contributed by atoms with Gasteiger partial charge in [0, 0.05) is 12.2 Å². The van der Waals surface area contributed by atoms with Crippen LogP contribution in [0.2, 0.25) is 0 Å². The summed E-state index contributed by atoms with van der Waals surface area (Å²) in [7, 11) is 0. The summed E-state index contributed by atoms with van der Waals surface area (Å²) in [6, 6.07) is 0.241. The molecule has 46 valence electrons. The minimum atomic E-state index is 0.241. The Morgan fingerprint density at radius 1 is 1.75 bits per heavy atom. The summed E-state index contributed by atoms with van der Waals surface area (Å²) in [5.74, 6) is 0. The maximum atomic E-state index is 6.57. The van der Waals surface area contributed by atoms with Gasteiger partial charge in [0.2, 0.25) is 0 Å². The molecule has 1 N–H and O–H groups in total. The van der Waals surface area contributed by atoms with Crippen LogP contribution in [0.25, 0.3) is 0 Å². The lowest BCUT2D eigenvalue weighted by atomic mass is 10.4. The zero-order valence-electron chi connectivity index (χ0n) is 5.26. The van der Waals surface area contributed by atoms with E-state index in [1.54, 1.807) is 0 Å². The van der Waals surface area contributed by atoms with Crippen LogP contribution in [0.4, 0.5) is 0 Å². The third kappa shape index (κ3) is 1.73. The highest BCUT2D eigenvalue weighted by Crippen LogP contribution is 1.96. The first-order valence-corrected chi connectivity index (χ1v) is 2.50. The maximum absolute atomic E-state index is 6.57. The topological polar surface area (TPSA) is 39.5 Å². The summed E-state index contributed by atoms with van der Waals surface area (Å²) in [5, 5.41) is 4.64. The second-order valence-electron chi connectivity index (χ2n) is 1.76. The number of rotatable bonds is 3. The van der Waals surface area contributed by atoms with E-state index in [1.165, 1.54) is 11.2 Å². The standard InChI is InChI=1S/C5H11N3/c1-4-8(7-6)5(2)3/h4-6H,1H2,2-3H3. The second-order valence-corrected chi connectivity index (χ2v) is 1.76. The molecule has 0 spiro atoms. The maximum Gasteiger partial charge on any atom is 0.0479 e. The molecule has 0 atom stereocenters. The largest absolute Gasteiger partial charge is 0.253 e. The average molecular weight is 113 g/mol. The van der Waals surface area contributed by atoms with Crippen molar-refractivity contribution >= 4 is 0 Å². The van der Waals surface area contributed by atoms with E-state index in [1.807, 2.05) is 13.8 Å². The molecule has 3 heteroatoms. The van der Waals surface area contributed by atoms with Crippen molar-refractivity contribution in [1.29, 1.82) is 5.53 Å². The normalized spacial score (nSPS) is 8.88. The fourth-order valence-corrected chi connectivity index (χ4v) is 0.367. The van der Waals surface area contributed by atoms with Gasteiger partial charge in [-0.25, -0.2) is 0 Å². The third-order valence-corrected chi connectivity index (χ3v) is 0.832. The van der Waals surface area contributed by atoms with Gasteiger partial charge in [0.1, 0.15) is 0 Å². The first-order chi connectivity index (χ1) is 3.72. The first kappa shape index (κ1) is 7.14. The Kier molecular flexibility index (Phi) is 2.84. The molecule has 3 nitrogen and oxygen atoms in total. The minimum Gasteiger partial charge on any atom is -0.253 e. The minimum absolute atomic E-state index is 0.241. The Morgan fingerprint density at radius 3 is 2.25 bits per heavy atom. The van der Waals surface area contributed by atoms with E-state index < -0.39 is 0 Å². The van der Waals surface area contributed by atoms with E-state index >= 15 is 0 Å². The van der Waals surface area contributed by atoms with Crippen LogP contribution in [0.1, 0.15) is 13.8 Å². The summed E-state index contributed by atoms with van der Waals surface area (Å²) in [6.07, 6.45) is 1.53. The lowest BCUT2D eigenvalue weighted by Gasteiger charge is -2.14. The molecule has 0 saturated carbocycles. The highest BCUT2D eigenvalue weighted by Gasteiger charge is 1.97. The van der Waals surface area contributed by atoms with Crippen LogP contribution < -0.4 is 0 Å². The molecule has 0 heterocycles. The van der Waals surface area contributed by atoms with Crippen molar-refractivity contribution in [3.63, 3.8) is 0 Å². The van der Waals surface area contributed by atoms with Crippen LogP contribution in [-0.4, -0.2) is 11.1 Å². The average Bonchev–Trinajstić information content (AvgIpc) is 1.69. The third-order valence-electron chi connectivity index (χ3n) is 0.832. The van der Waals surface area contributed by atoms with Gasteiger partial charge in [0.15, 0.2) is 0 Å². The van der Waals surface area contributed by atoms with Gasteiger partial charge in [-0.3, -0.25) is 5.01 Å². The zero-order chi connectivity index (χ0) is 6.57. The Bertz CT molecular complexity index is 79.7. The van der Waals surface area contributed by atoms with E-state index in [2.05, 4.69) is 11.8 Å². The molecule has 0 bridgehead atoms. The van der Waals surface area contributed by atoms with Gasteiger partial charge < -0.3 is 0 Å². The van der Waals surface area contributed by atoms with Gasteiger partial charge in [-0.15, -0.1) is 0 Å². The number of hydrogen-bond acceptors (Lipinski definition) is 2. The van der Waals surface area contributed by atoms with Gasteiger partial charge in [-0.1, -0.05) is 11.8 Å². The summed E-state index contributed by atoms with van der Waals surface area (Å²) < 4.78 is 0. The summed E-state index contributed by atoms with van der Waals surface area (Å²) in [4.78, 5) is 0. The monoisotopic (exact) mass is 113 g/mol. The second kappa shape index (κ2) is 3.18. The molecule has 0 aromatic carbocycles. The van der Waals surface area contributed by atoms with Crippen LogP contribution >= 0.6 is 0 Å². The Morgan fingerprint density at radius 2 is 2.25 bits per heavy atom. The smallest absolute Gasteiger partial charge is 0.0479 e. The summed E-state index contributed by atoms with van der Waals surface area (Å²) in [5.41, 5.74) is 6.57. The molecule has 0 amide bonds. The molecule has 0 unspecified atom stereocenters. The summed E-state index contributed by atoms with van der Waals surface area (Å²) in [6.45, 7) is 7.35. The van der Waals surface area contributed by atoms with Crippen LogP contribution in [0.3, 0.4) is 0 Å². The van der Waals surface area contributed by atoms with Crippen molar-refractivity contribution < 1.29 is 0 Å². The van der Waals surface area contributed by atoms with Gasteiger partial charge in [0.25, 0.3) is 0 Å². The lowest BCUT2D eigenvalue weighted by molar-refractivity contribution is 0.299. The van der Waals surface area contributed by atoms with Gasteiger partial charge >= 0.3 is 0 Å². The van der Waals surface area contributed by atoms with Crippen molar-refractivity contribution in [2.75, 3.05) is 0 Å². The molecule has 0 rings (SSSR count). The van der Waals surface area contributed by atoms with E-state index in [0.717, 1.165) is 0 Å². The fourth-order valence-electron chi connectivity index (χ4n) is 0.367. The van der Waals surface area contributed by atoms with Crippen molar-refractivity contribution in [3.05, 3.63) is 12.8 Å². The van der Waals surface area contributed by atoms with E-state index in [0.29, 0.717) is 0 Å². The van der Waals surface area contributed by atoms with Crippen molar-refractivity contribution in [1.82, 2.24) is 5.01 Å². The highest BCUT2D eigenvalue weighted by atomic mass is 15.5. The molecule has 0 saturated heterocycles. The van der Waals surface area contributed by atoms with E-state index in [9.17, 15) is 0 Å². The van der Waals surface area contributed by atoms with Crippen molar-refractivity contribution in [2.24, 2.45) is 5.22 Å². The lowest BCUT2D eigenvalue weighted by Crippen LogP contribution is -2.17. The van der Waals surface area contributed by atoms with Gasteiger partial charge in [0.05, 0.1) is 0 Å². The van der Waals surface area contributed by atoms with Crippen LogP contribution in [0, 0.1) is 5.53 Å². The van der Waals surface area contributed by atoms with Crippen LogP contribution in [-0.2, 0) is 0 Å². The predicted octanol–water partition coefficient (Wildman–Crippen LogP) is 1.79. The molecule has 0 fully saturated rings. The molecular formula is C5H11N3.